The number of nitrogens with one attached hydrogen (secondary N) is 1. The fourth-order valence-electron chi connectivity index (χ4n) is 2.82. The van der Waals surface area contributed by atoms with Gasteiger partial charge in [-0.15, -0.1) is 0 Å². The Balaban J connectivity index is 2.34. The third-order valence-electron chi connectivity index (χ3n) is 4.35. The SMILES string of the molecule is CC(C(=O)NC(C)(C)C)N(Cc1ccccc1F)C(=O)Cc1c(Cl)cccc1Cl. The highest BCUT2D eigenvalue weighted by Crippen LogP contribution is 2.26. The first-order chi connectivity index (χ1) is 13.5. The minimum absolute atomic E-state index is 0.0493. The smallest absolute Gasteiger partial charge is 0.242 e. The number of hydrogen-bond acceptors (Lipinski definition) is 2. The molecule has 7 heteroatoms. The first-order valence-corrected chi connectivity index (χ1v) is 10.0. The molecule has 0 heterocycles. The fraction of sp³-hybridized carbons (Fsp3) is 0.364. The Bertz CT molecular complexity index is 876. The maximum atomic E-state index is 14.2. The van der Waals surface area contributed by atoms with Gasteiger partial charge in [0.25, 0.3) is 0 Å². The maximum Gasteiger partial charge on any atom is 0.242 e. The average molecular weight is 439 g/mol. The van der Waals surface area contributed by atoms with Gasteiger partial charge in [-0.25, -0.2) is 4.39 Å². The van der Waals surface area contributed by atoms with Crippen molar-refractivity contribution in [2.24, 2.45) is 0 Å². The normalized spacial score (nSPS) is 12.4. The number of hydrogen-bond donors (Lipinski definition) is 1. The summed E-state index contributed by atoms with van der Waals surface area (Å²) in [6.45, 7) is 7.12. The number of rotatable bonds is 6. The highest BCUT2D eigenvalue weighted by Gasteiger charge is 2.29. The van der Waals surface area contributed by atoms with Crippen LogP contribution in [0, 0.1) is 5.82 Å². The van der Waals surface area contributed by atoms with E-state index in [-0.39, 0.29) is 24.8 Å². The summed E-state index contributed by atoms with van der Waals surface area (Å²) >= 11 is 12.4. The third kappa shape index (κ3) is 6.44. The highest BCUT2D eigenvalue weighted by molar-refractivity contribution is 6.36. The Morgan fingerprint density at radius 3 is 2.21 bits per heavy atom. The molecule has 156 valence electrons. The monoisotopic (exact) mass is 438 g/mol. The van der Waals surface area contributed by atoms with E-state index in [0.717, 1.165) is 0 Å². The lowest BCUT2D eigenvalue weighted by atomic mass is 10.1. The lowest BCUT2D eigenvalue weighted by Gasteiger charge is -2.31. The molecule has 0 aliphatic rings. The zero-order chi connectivity index (χ0) is 21.8. The van der Waals surface area contributed by atoms with Crippen molar-refractivity contribution in [1.82, 2.24) is 10.2 Å². The van der Waals surface area contributed by atoms with Crippen LogP contribution in [0.5, 0.6) is 0 Å². The van der Waals surface area contributed by atoms with Gasteiger partial charge in [0.2, 0.25) is 11.8 Å². The number of carbonyl (C=O) groups excluding carboxylic acids is 2. The first-order valence-electron chi connectivity index (χ1n) is 9.27. The van der Waals surface area contributed by atoms with E-state index >= 15 is 0 Å². The van der Waals surface area contributed by atoms with E-state index in [1.54, 1.807) is 43.3 Å². The zero-order valence-electron chi connectivity index (χ0n) is 16.9. The van der Waals surface area contributed by atoms with Crippen molar-refractivity contribution in [3.63, 3.8) is 0 Å². The molecule has 0 aliphatic carbocycles. The van der Waals surface area contributed by atoms with Crippen LogP contribution in [0.15, 0.2) is 42.5 Å². The molecule has 0 fully saturated rings. The van der Waals surface area contributed by atoms with E-state index in [0.29, 0.717) is 21.2 Å². The van der Waals surface area contributed by atoms with E-state index in [4.69, 9.17) is 23.2 Å². The molecule has 1 atom stereocenters. The molecule has 29 heavy (non-hydrogen) atoms. The number of nitrogens with zero attached hydrogens (tertiary/aromatic N) is 1. The maximum absolute atomic E-state index is 14.2. The summed E-state index contributed by atoms with van der Waals surface area (Å²) in [6.07, 6.45) is -0.0971. The molecule has 1 unspecified atom stereocenters. The van der Waals surface area contributed by atoms with Crippen molar-refractivity contribution >= 4 is 35.0 Å². The van der Waals surface area contributed by atoms with Crippen molar-refractivity contribution in [2.75, 3.05) is 0 Å². The Morgan fingerprint density at radius 2 is 1.66 bits per heavy atom. The van der Waals surface area contributed by atoms with Crippen LogP contribution < -0.4 is 5.32 Å². The van der Waals surface area contributed by atoms with Gasteiger partial charge in [0, 0.05) is 27.7 Å². The molecule has 0 spiro atoms. The number of amides is 2. The molecule has 2 aromatic rings. The summed E-state index contributed by atoms with van der Waals surface area (Å²) in [5.41, 5.74) is 0.328. The first kappa shape index (κ1) is 23.2. The molecular formula is C22H25Cl2FN2O2. The zero-order valence-corrected chi connectivity index (χ0v) is 18.4. The van der Waals surface area contributed by atoms with E-state index in [1.807, 2.05) is 20.8 Å². The fourth-order valence-corrected chi connectivity index (χ4v) is 3.35. The van der Waals surface area contributed by atoms with E-state index in [1.165, 1.54) is 11.0 Å². The second-order valence-electron chi connectivity index (χ2n) is 7.91. The standard InChI is InChI=1S/C22H25Cl2FN2O2/c1-14(21(29)26-22(2,3)4)27(13-15-8-5-6-11-19(15)25)20(28)12-16-17(23)9-7-10-18(16)24/h5-11,14H,12-13H2,1-4H3,(H,26,29). The average Bonchev–Trinajstić information content (AvgIpc) is 2.62. The largest absolute Gasteiger partial charge is 0.350 e. The summed E-state index contributed by atoms with van der Waals surface area (Å²) in [7, 11) is 0. The van der Waals surface area contributed by atoms with Crippen LogP contribution in [0.1, 0.15) is 38.8 Å². The van der Waals surface area contributed by atoms with Crippen molar-refractivity contribution < 1.29 is 14.0 Å². The molecule has 0 bridgehead atoms. The molecule has 2 rings (SSSR count). The van der Waals surface area contributed by atoms with Crippen molar-refractivity contribution in [3.05, 3.63) is 69.5 Å². The number of benzene rings is 2. The summed E-state index contributed by atoms with van der Waals surface area (Å²) < 4.78 is 14.2. The van der Waals surface area contributed by atoms with Crippen LogP contribution in [-0.4, -0.2) is 28.3 Å². The predicted molar refractivity (Wildman–Crippen MR) is 114 cm³/mol. The second kappa shape index (κ2) is 9.59. The van der Waals surface area contributed by atoms with Crippen molar-refractivity contribution in [1.29, 1.82) is 0 Å². The Labute approximate surface area is 181 Å². The quantitative estimate of drug-likeness (QED) is 0.688. The molecule has 1 N–H and O–H groups in total. The van der Waals surface area contributed by atoms with Crippen LogP contribution in [0.4, 0.5) is 4.39 Å². The Kier molecular flexibility index (Phi) is 7.66. The van der Waals surface area contributed by atoms with Crippen LogP contribution in [0.2, 0.25) is 10.0 Å². The van der Waals surface area contributed by atoms with Crippen LogP contribution >= 0.6 is 23.2 Å². The minimum atomic E-state index is -0.817. The Morgan fingerprint density at radius 1 is 1.07 bits per heavy atom. The number of carbonyl (C=O) groups is 2. The molecule has 0 saturated heterocycles. The highest BCUT2D eigenvalue weighted by atomic mass is 35.5. The lowest BCUT2D eigenvalue weighted by molar-refractivity contribution is -0.140. The minimum Gasteiger partial charge on any atom is -0.350 e. The summed E-state index contributed by atoms with van der Waals surface area (Å²) in [4.78, 5) is 27.2. The molecule has 4 nitrogen and oxygen atoms in total. The second-order valence-corrected chi connectivity index (χ2v) is 8.72. The molecule has 0 aromatic heterocycles. The van der Waals surface area contributed by atoms with Crippen molar-refractivity contribution in [3.8, 4) is 0 Å². The van der Waals surface area contributed by atoms with Crippen LogP contribution in [0.25, 0.3) is 0 Å². The van der Waals surface area contributed by atoms with Crippen molar-refractivity contribution in [2.45, 2.75) is 52.2 Å². The van der Waals surface area contributed by atoms with Gasteiger partial charge in [-0.3, -0.25) is 9.59 Å². The molecule has 0 radical (unpaired) electrons. The number of halogens is 3. The van der Waals surface area contributed by atoms with Gasteiger partial charge in [0.05, 0.1) is 6.42 Å². The van der Waals surface area contributed by atoms with Gasteiger partial charge in [-0.05, 0) is 51.5 Å². The van der Waals surface area contributed by atoms with Gasteiger partial charge in [0.1, 0.15) is 11.9 Å². The summed E-state index contributed by atoms with van der Waals surface area (Å²) in [5, 5.41) is 3.59. The van der Waals surface area contributed by atoms with Gasteiger partial charge >= 0.3 is 0 Å². The van der Waals surface area contributed by atoms with Crippen LogP contribution in [0.3, 0.4) is 0 Å². The van der Waals surface area contributed by atoms with Gasteiger partial charge in [0.15, 0.2) is 0 Å². The summed E-state index contributed by atoms with van der Waals surface area (Å²) in [6, 6.07) is 10.3. The van der Waals surface area contributed by atoms with Gasteiger partial charge in [-0.2, -0.15) is 0 Å². The molecular weight excluding hydrogens is 414 g/mol. The molecule has 2 aromatic carbocycles. The Hall–Kier alpha value is -2.11. The van der Waals surface area contributed by atoms with Gasteiger partial charge < -0.3 is 10.2 Å². The third-order valence-corrected chi connectivity index (χ3v) is 5.06. The molecule has 0 saturated carbocycles. The molecule has 2 amide bonds. The van der Waals surface area contributed by atoms with E-state index < -0.39 is 17.4 Å². The van der Waals surface area contributed by atoms with Gasteiger partial charge in [-0.1, -0.05) is 47.5 Å². The predicted octanol–water partition coefficient (Wildman–Crippen LogP) is 5.01. The topological polar surface area (TPSA) is 49.4 Å². The van der Waals surface area contributed by atoms with E-state index in [9.17, 15) is 14.0 Å². The van der Waals surface area contributed by atoms with E-state index in [2.05, 4.69) is 5.32 Å². The lowest BCUT2D eigenvalue weighted by Crippen LogP contribution is -2.52. The van der Waals surface area contributed by atoms with Crippen LogP contribution in [-0.2, 0) is 22.6 Å². The summed E-state index contributed by atoms with van der Waals surface area (Å²) in [5.74, 6) is -1.14. The molecule has 0 aliphatic heterocycles.